The highest BCUT2D eigenvalue weighted by Gasteiger charge is 2.40. The van der Waals surface area contributed by atoms with Gasteiger partial charge >= 0.3 is 0 Å². The lowest BCUT2D eigenvalue weighted by molar-refractivity contribution is 0.221. The summed E-state index contributed by atoms with van der Waals surface area (Å²) in [5, 5.41) is 11.8. The van der Waals surface area contributed by atoms with E-state index < -0.39 is 15.6 Å². The molecule has 0 saturated carbocycles. The van der Waals surface area contributed by atoms with Gasteiger partial charge in [-0.2, -0.15) is 17.0 Å². The van der Waals surface area contributed by atoms with E-state index in [1.54, 1.807) is 4.31 Å². The highest BCUT2D eigenvalue weighted by molar-refractivity contribution is 7.86. The summed E-state index contributed by atoms with van der Waals surface area (Å²) in [5.74, 6) is 0.186. The van der Waals surface area contributed by atoms with Crippen LogP contribution in [0.5, 0.6) is 0 Å². The number of hydrogen-bond donors (Lipinski definition) is 2. The van der Waals surface area contributed by atoms with Gasteiger partial charge in [0.25, 0.3) is 10.2 Å². The van der Waals surface area contributed by atoms with Crippen molar-refractivity contribution in [1.29, 1.82) is 0 Å². The van der Waals surface area contributed by atoms with Crippen molar-refractivity contribution in [1.82, 2.24) is 8.61 Å². The first-order chi connectivity index (χ1) is 8.90. The summed E-state index contributed by atoms with van der Waals surface area (Å²) in [6.45, 7) is 3.99. The van der Waals surface area contributed by atoms with Gasteiger partial charge in [0.15, 0.2) is 0 Å². The average molecular weight is 290 g/mol. The van der Waals surface area contributed by atoms with Crippen molar-refractivity contribution in [3.63, 3.8) is 0 Å². The highest BCUT2D eigenvalue weighted by Crippen LogP contribution is 2.33. The van der Waals surface area contributed by atoms with Crippen LogP contribution >= 0.6 is 0 Å². The van der Waals surface area contributed by atoms with Crippen LogP contribution in [-0.2, 0) is 10.2 Å². The van der Waals surface area contributed by atoms with Crippen molar-refractivity contribution >= 4 is 16.0 Å². The van der Waals surface area contributed by atoms with Crippen molar-refractivity contribution in [2.75, 3.05) is 26.2 Å². The Morgan fingerprint density at radius 2 is 1.63 bits per heavy atom. The predicted octanol–water partition coefficient (Wildman–Crippen LogP) is 0.176. The first kappa shape index (κ1) is 14.5. The number of hydrogen-bond acceptors (Lipinski definition) is 4. The van der Waals surface area contributed by atoms with E-state index in [1.165, 1.54) is 4.31 Å². The second kappa shape index (κ2) is 5.26. The zero-order chi connectivity index (χ0) is 14.1. The molecule has 0 radical (unpaired) electrons. The molecule has 8 heteroatoms. The van der Waals surface area contributed by atoms with Gasteiger partial charge in [0, 0.05) is 31.6 Å². The molecule has 2 aliphatic rings. The van der Waals surface area contributed by atoms with E-state index in [0.29, 0.717) is 39.0 Å². The number of nitrogens with zero attached hydrogens (tertiary/aromatic N) is 3. The first-order valence-electron chi connectivity index (χ1n) is 6.63. The molecule has 0 spiro atoms. The number of piperidine rings is 1. The fourth-order valence-corrected chi connectivity index (χ4v) is 4.36. The normalized spacial score (nSPS) is 26.7. The molecular weight excluding hydrogens is 268 g/mol. The maximum Gasteiger partial charge on any atom is 0.281 e. The van der Waals surface area contributed by atoms with Crippen LogP contribution in [0.1, 0.15) is 32.6 Å². The summed E-state index contributed by atoms with van der Waals surface area (Å²) in [7, 11) is -3.32. The van der Waals surface area contributed by atoms with E-state index in [4.69, 9.17) is 10.9 Å². The fourth-order valence-electron chi connectivity index (χ4n) is 2.67. The molecule has 2 saturated heterocycles. The maximum absolute atomic E-state index is 12.4. The van der Waals surface area contributed by atoms with E-state index in [-0.39, 0.29) is 5.84 Å². The summed E-state index contributed by atoms with van der Waals surface area (Å²) in [4.78, 5) is 0. The van der Waals surface area contributed by atoms with Crippen LogP contribution in [-0.4, -0.2) is 54.3 Å². The van der Waals surface area contributed by atoms with Crippen molar-refractivity contribution in [2.24, 2.45) is 16.3 Å². The Morgan fingerprint density at radius 3 is 2.11 bits per heavy atom. The van der Waals surface area contributed by atoms with Gasteiger partial charge in [-0.25, -0.2) is 0 Å². The SMILES string of the molecule is CC1(C(N)=NO)CCN(S(=O)(=O)N2CCCC2)CC1. The molecule has 0 amide bonds. The molecule has 0 aromatic carbocycles. The minimum absolute atomic E-state index is 0.186. The van der Waals surface area contributed by atoms with Gasteiger partial charge < -0.3 is 10.9 Å². The largest absolute Gasteiger partial charge is 0.409 e. The Morgan fingerprint density at radius 1 is 1.16 bits per heavy atom. The highest BCUT2D eigenvalue weighted by atomic mass is 32.2. The van der Waals surface area contributed by atoms with Crippen LogP contribution in [0, 0.1) is 5.41 Å². The molecule has 2 heterocycles. The molecule has 0 atom stereocenters. The minimum Gasteiger partial charge on any atom is -0.409 e. The van der Waals surface area contributed by atoms with Crippen molar-refractivity contribution in [3.8, 4) is 0 Å². The molecule has 19 heavy (non-hydrogen) atoms. The van der Waals surface area contributed by atoms with Crippen LogP contribution in [0.3, 0.4) is 0 Å². The zero-order valence-electron chi connectivity index (χ0n) is 11.2. The van der Waals surface area contributed by atoms with E-state index in [2.05, 4.69) is 5.16 Å². The van der Waals surface area contributed by atoms with Crippen LogP contribution in [0.4, 0.5) is 0 Å². The maximum atomic E-state index is 12.4. The van der Waals surface area contributed by atoms with Crippen LogP contribution < -0.4 is 5.73 Å². The lowest BCUT2D eigenvalue weighted by Crippen LogP contribution is -2.50. The zero-order valence-corrected chi connectivity index (χ0v) is 12.1. The molecule has 7 nitrogen and oxygen atoms in total. The van der Waals surface area contributed by atoms with Crippen LogP contribution in [0.25, 0.3) is 0 Å². The number of oxime groups is 1. The summed E-state index contributed by atoms with van der Waals surface area (Å²) in [6, 6.07) is 0. The van der Waals surface area contributed by atoms with E-state index >= 15 is 0 Å². The van der Waals surface area contributed by atoms with Gasteiger partial charge in [-0.1, -0.05) is 12.1 Å². The molecule has 3 N–H and O–H groups in total. The van der Waals surface area contributed by atoms with Crippen molar-refractivity contribution < 1.29 is 13.6 Å². The number of nitrogens with two attached hydrogens (primary N) is 1. The van der Waals surface area contributed by atoms with Gasteiger partial charge in [0.2, 0.25) is 0 Å². The van der Waals surface area contributed by atoms with Gasteiger partial charge in [-0.15, -0.1) is 0 Å². The third-order valence-corrected chi connectivity index (χ3v) is 6.31. The molecule has 110 valence electrons. The average Bonchev–Trinajstić information content (AvgIpc) is 2.93. The lowest BCUT2D eigenvalue weighted by Gasteiger charge is -2.38. The summed E-state index contributed by atoms with van der Waals surface area (Å²) >= 11 is 0. The smallest absolute Gasteiger partial charge is 0.281 e. The van der Waals surface area contributed by atoms with Crippen molar-refractivity contribution in [2.45, 2.75) is 32.6 Å². The Bertz CT molecular complexity index is 449. The number of amidine groups is 1. The lowest BCUT2D eigenvalue weighted by atomic mass is 9.80. The van der Waals surface area contributed by atoms with Crippen molar-refractivity contribution in [3.05, 3.63) is 0 Å². The molecule has 0 aliphatic carbocycles. The van der Waals surface area contributed by atoms with E-state index in [1.807, 2.05) is 6.92 Å². The molecule has 0 unspecified atom stereocenters. The molecule has 2 aliphatic heterocycles. The van der Waals surface area contributed by atoms with E-state index in [9.17, 15) is 8.42 Å². The Labute approximate surface area is 114 Å². The minimum atomic E-state index is -3.32. The standard InChI is InChI=1S/C11H22N4O3S/c1-11(10(12)13-16)4-8-15(9-5-11)19(17,18)14-6-2-3-7-14/h16H,2-9H2,1H3,(H2,12,13). The summed E-state index contributed by atoms with van der Waals surface area (Å²) in [6.07, 6.45) is 3.04. The summed E-state index contributed by atoms with van der Waals surface area (Å²) < 4.78 is 27.8. The van der Waals surface area contributed by atoms with Crippen LogP contribution in [0.2, 0.25) is 0 Å². The van der Waals surface area contributed by atoms with Gasteiger partial charge in [0.1, 0.15) is 5.84 Å². The molecule has 2 rings (SSSR count). The third kappa shape index (κ3) is 2.70. The van der Waals surface area contributed by atoms with Gasteiger partial charge in [-0.3, -0.25) is 0 Å². The third-order valence-electron chi connectivity index (χ3n) is 4.27. The van der Waals surface area contributed by atoms with Gasteiger partial charge in [0.05, 0.1) is 0 Å². The predicted molar refractivity (Wildman–Crippen MR) is 72.0 cm³/mol. The molecule has 0 bridgehead atoms. The second-order valence-electron chi connectivity index (χ2n) is 5.56. The molecular formula is C11H22N4O3S. The van der Waals surface area contributed by atoms with Crippen LogP contribution in [0.15, 0.2) is 5.16 Å². The molecule has 0 aromatic heterocycles. The Balaban J connectivity index is 2.04. The fraction of sp³-hybridized carbons (Fsp3) is 0.909. The Hall–Kier alpha value is -0.860. The topological polar surface area (TPSA) is 99.2 Å². The van der Waals surface area contributed by atoms with Gasteiger partial charge in [-0.05, 0) is 25.7 Å². The Kier molecular flexibility index (Phi) is 4.03. The van der Waals surface area contributed by atoms with E-state index in [0.717, 1.165) is 12.8 Å². The molecule has 0 aromatic rings. The quantitative estimate of drug-likeness (QED) is 0.335. The molecule has 2 fully saturated rings. The first-order valence-corrected chi connectivity index (χ1v) is 8.03. The summed E-state index contributed by atoms with van der Waals surface area (Å²) in [5.41, 5.74) is 5.27. The monoisotopic (exact) mass is 290 g/mol. The number of rotatable bonds is 3. The second-order valence-corrected chi connectivity index (χ2v) is 7.49.